The van der Waals surface area contributed by atoms with Crippen LogP contribution in [0.25, 0.3) is 0 Å². The minimum absolute atomic E-state index is 0.0960. The first-order chi connectivity index (χ1) is 11.3. The van der Waals surface area contributed by atoms with Gasteiger partial charge >= 0.3 is 6.03 Å². The highest BCUT2D eigenvalue weighted by molar-refractivity contribution is 5.89. The number of aromatic nitrogens is 2. The van der Waals surface area contributed by atoms with Crippen molar-refractivity contribution in [3.8, 4) is 0 Å². The Morgan fingerprint density at radius 3 is 2.62 bits per heavy atom. The van der Waals surface area contributed by atoms with Crippen LogP contribution in [0.3, 0.4) is 0 Å². The van der Waals surface area contributed by atoms with Gasteiger partial charge in [0.2, 0.25) is 5.95 Å². The number of urea groups is 1. The first kappa shape index (κ1) is 16.2. The van der Waals surface area contributed by atoms with Crippen molar-refractivity contribution >= 4 is 17.7 Å². The predicted molar refractivity (Wildman–Crippen MR) is 94.7 cm³/mol. The highest BCUT2D eigenvalue weighted by Gasteiger charge is 2.22. The van der Waals surface area contributed by atoms with Crippen LogP contribution in [0.2, 0.25) is 0 Å². The number of amides is 2. The van der Waals surface area contributed by atoms with E-state index in [1.165, 1.54) is 5.56 Å². The van der Waals surface area contributed by atoms with Gasteiger partial charge < -0.3 is 16.0 Å². The minimum Gasteiger partial charge on any atom is -0.368 e. The van der Waals surface area contributed by atoms with E-state index in [1.54, 1.807) is 11.1 Å². The molecule has 2 aromatic rings. The molecule has 24 heavy (non-hydrogen) atoms. The SMILES string of the molecule is CC(C)(C)c1ccc(NC(=O)N2CCc3cnc(N)nc3C2)cc1. The van der Waals surface area contributed by atoms with Crippen molar-refractivity contribution in [3.63, 3.8) is 0 Å². The van der Waals surface area contributed by atoms with Gasteiger partial charge in [-0.05, 0) is 35.1 Å². The Morgan fingerprint density at radius 2 is 1.96 bits per heavy atom. The summed E-state index contributed by atoms with van der Waals surface area (Å²) in [6, 6.07) is 7.86. The smallest absolute Gasteiger partial charge is 0.322 e. The van der Waals surface area contributed by atoms with E-state index in [0.29, 0.717) is 13.1 Å². The molecule has 0 saturated carbocycles. The Morgan fingerprint density at radius 1 is 1.25 bits per heavy atom. The van der Waals surface area contributed by atoms with E-state index in [2.05, 4.69) is 48.2 Å². The van der Waals surface area contributed by atoms with Crippen LogP contribution < -0.4 is 11.1 Å². The summed E-state index contributed by atoms with van der Waals surface area (Å²) in [5.41, 5.74) is 9.64. The van der Waals surface area contributed by atoms with Crippen molar-refractivity contribution in [1.29, 1.82) is 0 Å². The zero-order valence-corrected chi connectivity index (χ0v) is 14.3. The summed E-state index contributed by atoms with van der Waals surface area (Å²) in [5, 5.41) is 2.95. The van der Waals surface area contributed by atoms with Gasteiger partial charge in [0.15, 0.2) is 0 Å². The minimum atomic E-state index is -0.124. The monoisotopic (exact) mass is 325 g/mol. The molecule has 1 aliphatic heterocycles. The summed E-state index contributed by atoms with van der Waals surface area (Å²) in [7, 11) is 0. The summed E-state index contributed by atoms with van der Waals surface area (Å²) in [4.78, 5) is 22.5. The molecule has 6 nitrogen and oxygen atoms in total. The fraction of sp³-hybridized carbons (Fsp3) is 0.389. The van der Waals surface area contributed by atoms with Gasteiger partial charge in [-0.2, -0.15) is 0 Å². The second kappa shape index (κ2) is 6.11. The summed E-state index contributed by atoms with van der Waals surface area (Å²) < 4.78 is 0. The molecule has 2 heterocycles. The first-order valence-electron chi connectivity index (χ1n) is 8.10. The number of fused-ring (bicyclic) bond motifs is 1. The highest BCUT2D eigenvalue weighted by atomic mass is 16.2. The predicted octanol–water partition coefficient (Wildman–Crippen LogP) is 2.95. The Kier molecular flexibility index (Phi) is 4.13. The fourth-order valence-electron chi connectivity index (χ4n) is 2.75. The maximum atomic E-state index is 12.5. The molecular formula is C18H23N5O. The third-order valence-electron chi connectivity index (χ3n) is 4.25. The molecular weight excluding hydrogens is 302 g/mol. The van der Waals surface area contributed by atoms with E-state index < -0.39 is 0 Å². The third-order valence-corrected chi connectivity index (χ3v) is 4.25. The summed E-state index contributed by atoms with van der Waals surface area (Å²) in [6.07, 6.45) is 2.49. The molecule has 3 N–H and O–H groups in total. The molecule has 0 saturated heterocycles. The molecule has 0 bridgehead atoms. The second-order valence-electron chi connectivity index (χ2n) is 7.13. The molecule has 2 amide bonds. The van der Waals surface area contributed by atoms with E-state index in [4.69, 9.17) is 5.73 Å². The Labute approximate surface area is 142 Å². The number of nitrogen functional groups attached to an aromatic ring is 1. The van der Waals surface area contributed by atoms with Crippen molar-refractivity contribution in [3.05, 3.63) is 47.3 Å². The molecule has 1 aromatic carbocycles. The number of rotatable bonds is 1. The highest BCUT2D eigenvalue weighted by Crippen LogP contribution is 2.24. The number of nitrogens with zero attached hydrogens (tertiary/aromatic N) is 3. The van der Waals surface area contributed by atoms with E-state index >= 15 is 0 Å². The van der Waals surface area contributed by atoms with Crippen LogP contribution in [0.15, 0.2) is 30.5 Å². The van der Waals surface area contributed by atoms with Gasteiger partial charge in [-0.1, -0.05) is 32.9 Å². The van der Waals surface area contributed by atoms with E-state index in [9.17, 15) is 4.79 Å². The normalized spacial score (nSPS) is 14.2. The Hall–Kier alpha value is -2.63. The first-order valence-corrected chi connectivity index (χ1v) is 8.10. The zero-order chi connectivity index (χ0) is 17.3. The molecule has 1 aromatic heterocycles. The van der Waals surface area contributed by atoms with E-state index in [0.717, 1.165) is 23.4 Å². The molecule has 0 atom stereocenters. The molecule has 3 rings (SSSR count). The lowest BCUT2D eigenvalue weighted by atomic mass is 9.87. The molecule has 0 aliphatic carbocycles. The van der Waals surface area contributed by atoms with Crippen molar-refractivity contribution in [2.24, 2.45) is 0 Å². The lowest BCUT2D eigenvalue weighted by Gasteiger charge is -2.28. The van der Waals surface area contributed by atoms with Crippen LogP contribution in [-0.2, 0) is 18.4 Å². The van der Waals surface area contributed by atoms with E-state index in [1.807, 2.05) is 12.1 Å². The number of anilines is 2. The molecule has 0 unspecified atom stereocenters. The van der Waals surface area contributed by atoms with Gasteiger partial charge in [-0.25, -0.2) is 14.8 Å². The van der Waals surface area contributed by atoms with Crippen molar-refractivity contribution in [2.75, 3.05) is 17.6 Å². The molecule has 0 radical (unpaired) electrons. The van der Waals surface area contributed by atoms with Crippen LogP contribution in [0.5, 0.6) is 0 Å². The molecule has 1 aliphatic rings. The Bertz CT molecular complexity index is 749. The standard InChI is InChI=1S/C18H23N5O/c1-18(2,3)13-4-6-14(7-5-13)21-17(24)23-9-8-12-10-20-16(19)22-15(12)11-23/h4-7,10H,8-9,11H2,1-3H3,(H,21,24)(H2,19,20,22). The van der Waals surface area contributed by atoms with Gasteiger partial charge in [0.1, 0.15) is 0 Å². The molecule has 6 heteroatoms. The molecule has 0 fully saturated rings. The molecule has 126 valence electrons. The lowest BCUT2D eigenvalue weighted by Crippen LogP contribution is -2.39. The summed E-state index contributed by atoms with van der Waals surface area (Å²) in [6.45, 7) is 7.60. The summed E-state index contributed by atoms with van der Waals surface area (Å²) in [5.74, 6) is 0.244. The quantitative estimate of drug-likeness (QED) is 0.844. The second-order valence-corrected chi connectivity index (χ2v) is 7.13. The average Bonchev–Trinajstić information content (AvgIpc) is 2.53. The van der Waals surface area contributed by atoms with Crippen molar-refractivity contribution in [1.82, 2.24) is 14.9 Å². The maximum absolute atomic E-state index is 12.5. The van der Waals surface area contributed by atoms with Gasteiger partial charge in [0, 0.05) is 18.4 Å². The number of benzene rings is 1. The largest absolute Gasteiger partial charge is 0.368 e. The number of hydrogen-bond acceptors (Lipinski definition) is 4. The average molecular weight is 325 g/mol. The zero-order valence-electron chi connectivity index (χ0n) is 14.3. The van der Waals surface area contributed by atoms with Gasteiger partial charge in [-0.3, -0.25) is 0 Å². The van der Waals surface area contributed by atoms with Crippen LogP contribution >= 0.6 is 0 Å². The number of nitrogens with one attached hydrogen (secondary N) is 1. The van der Waals surface area contributed by atoms with Crippen LogP contribution in [0.4, 0.5) is 16.4 Å². The topological polar surface area (TPSA) is 84.1 Å². The lowest BCUT2D eigenvalue weighted by molar-refractivity contribution is 0.205. The number of carbonyl (C=O) groups is 1. The summed E-state index contributed by atoms with van der Waals surface area (Å²) >= 11 is 0. The van der Waals surface area contributed by atoms with Crippen molar-refractivity contribution in [2.45, 2.75) is 39.2 Å². The fourth-order valence-corrected chi connectivity index (χ4v) is 2.75. The van der Waals surface area contributed by atoms with Gasteiger partial charge in [0.05, 0.1) is 12.2 Å². The van der Waals surface area contributed by atoms with Gasteiger partial charge in [0.25, 0.3) is 0 Å². The Balaban J connectivity index is 1.67. The van der Waals surface area contributed by atoms with E-state index in [-0.39, 0.29) is 17.4 Å². The van der Waals surface area contributed by atoms with Gasteiger partial charge in [-0.15, -0.1) is 0 Å². The van der Waals surface area contributed by atoms with Crippen LogP contribution in [0, 0.1) is 0 Å². The van der Waals surface area contributed by atoms with Crippen LogP contribution in [0.1, 0.15) is 37.6 Å². The number of hydrogen-bond donors (Lipinski definition) is 2. The number of carbonyl (C=O) groups excluding carboxylic acids is 1. The van der Waals surface area contributed by atoms with Crippen LogP contribution in [-0.4, -0.2) is 27.4 Å². The molecule has 0 spiro atoms. The maximum Gasteiger partial charge on any atom is 0.322 e. The third kappa shape index (κ3) is 3.48. The van der Waals surface area contributed by atoms with Crippen molar-refractivity contribution < 1.29 is 4.79 Å². The number of nitrogens with two attached hydrogens (primary N) is 1.